The van der Waals surface area contributed by atoms with Crippen molar-refractivity contribution >= 4 is 0 Å². The molecular formula is C40H45NO8. The van der Waals surface area contributed by atoms with Gasteiger partial charge in [-0.2, -0.15) is 0 Å². The lowest BCUT2D eigenvalue weighted by Crippen LogP contribution is -2.52. The number of hydrogen-bond donors (Lipinski definition) is 3. The zero-order valence-electron chi connectivity index (χ0n) is 28.4. The van der Waals surface area contributed by atoms with Crippen LogP contribution in [0.3, 0.4) is 0 Å². The van der Waals surface area contributed by atoms with E-state index in [1.54, 1.807) is 77.0 Å². The summed E-state index contributed by atoms with van der Waals surface area (Å²) in [5.41, 5.74) is 6.15. The van der Waals surface area contributed by atoms with Crippen LogP contribution in [0.15, 0.2) is 121 Å². The third-order valence-electron chi connectivity index (χ3n) is 8.11. The molecule has 0 bridgehead atoms. The van der Waals surface area contributed by atoms with Crippen LogP contribution < -0.4 is 5.11 Å². The molecule has 49 heavy (non-hydrogen) atoms. The minimum Gasteiger partial charge on any atom is -0.872 e. The van der Waals surface area contributed by atoms with Crippen molar-refractivity contribution in [2.24, 2.45) is 0 Å². The minimum absolute atomic E-state index is 0.0378. The summed E-state index contributed by atoms with van der Waals surface area (Å²) in [7, 11) is 6.59. The average molecular weight is 668 g/mol. The van der Waals surface area contributed by atoms with Crippen molar-refractivity contribution in [3.05, 3.63) is 155 Å². The summed E-state index contributed by atoms with van der Waals surface area (Å²) >= 11 is 0. The van der Waals surface area contributed by atoms with E-state index in [4.69, 9.17) is 18.9 Å². The summed E-state index contributed by atoms with van der Waals surface area (Å²) in [6.07, 6.45) is 0. The van der Waals surface area contributed by atoms with Crippen molar-refractivity contribution in [2.45, 2.75) is 11.8 Å². The van der Waals surface area contributed by atoms with E-state index >= 15 is 0 Å². The van der Waals surface area contributed by atoms with Crippen LogP contribution >= 0.6 is 0 Å². The first-order valence-corrected chi connectivity index (χ1v) is 15.8. The van der Waals surface area contributed by atoms with Crippen LogP contribution in [0.25, 0.3) is 0 Å². The second kappa shape index (κ2) is 18.0. The van der Waals surface area contributed by atoms with Crippen molar-refractivity contribution in [3.8, 4) is 23.0 Å². The highest BCUT2D eigenvalue weighted by atomic mass is 16.6. The predicted octanol–water partition coefficient (Wildman–Crippen LogP) is 6.46. The molecule has 3 N–H and O–H groups in total. The van der Waals surface area contributed by atoms with Gasteiger partial charge in [0.15, 0.2) is 26.9 Å². The highest BCUT2D eigenvalue weighted by Crippen LogP contribution is 2.37. The lowest BCUT2D eigenvalue weighted by atomic mass is 9.81. The van der Waals surface area contributed by atoms with Crippen LogP contribution in [-0.2, 0) is 18.9 Å². The topological polar surface area (TPSA) is 121 Å². The number of rotatable bonds is 14. The van der Waals surface area contributed by atoms with E-state index in [2.05, 4.69) is 24.3 Å². The molecule has 9 nitrogen and oxygen atoms in total. The van der Waals surface area contributed by atoms with Gasteiger partial charge in [-0.15, -0.1) is 5.75 Å². The van der Waals surface area contributed by atoms with Crippen LogP contribution in [0.2, 0.25) is 0 Å². The molecular weight excluding hydrogens is 622 g/mol. The lowest BCUT2D eigenvalue weighted by molar-refractivity contribution is -0.991. The molecule has 0 aliphatic rings. The Bertz CT molecular complexity index is 1440. The second-order valence-electron chi connectivity index (χ2n) is 11.9. The zero-order valence-corrected chi connectivity index (χ0v) is 28.4. The Morgan fingerprint density at radius 3 is 0.837 bits per heavy atom. The first-order chi connectivity index (χ1) is 23.7. The Hall–Kier alpha value is -4.90. The van der Waals surface area contributed by atoms with Gasteiger partial charge in [0.1, 0.15) is 17.2 Å². The first-order valence-electron chi connectivity index (χ1n) is 15.8. The normalized spacial score (nSPS) is 11.9. The smallest absolute Gasteiger partial charge is 0.188 e. The maximum absolute atomic E-state index is 11.7. The fourth-order valence-electron chi connectivity index (χ4n) is 6.02. The molecule has 1 atom stereocenters. The zero-order chi connectivity index (χ0) is 35.2. The van der Waals surface area contributed by atoms with Crippen molar-refractivity contribution in [3.63, 3.8) is 0 Å². The van der Waals surface area contributed by atoms with Gasteiger partial charge in [0.05, 0.1) is 0 Å². The van der Waals surface area contributed by atoms with Gasteiger partial charge in [-0.1, -0.05) is 84.9 Å². The monoisotopic (exact) mass is 667 g/mol. The number of quaternary nitrogens is 1. The molecule has 0 fully saturated rings. The molecule has 5 rings (SSSR count). The summed E-state index contributed by atoms with van der Waals surface area (Å²) in [6.45, 7) is 2.04. The molecule has 9 heteroatoms. The fraction of sp³-hybridized carbons (Fsp3) is 0.250. The molecule has 0 saturated heterocycles. The Morgan fingerprint density at radius 1 is 0.408 bits per heavy atom. The molecule has 1 unspecified atom stereocenters. The molecule has 0 radical (unpaired) electrons. The van der Waals surface area contributed by atoms with Gasteiger partial charge in [-0.3, -0.25) is 0 Å². The van der Waals surface area contributed by atoms with Crippen molar-refractivity contribution < 1.29 is 43.9 Å². The number of ether oxygens (including phenoxy) is 4. The number of methoxy groups -OCH3 is 4. The molecule has 5 aromatic carbocycles. The molecule has 0 spiro atoms. The summed E-state index contributed by atoms with van der Waals surface area (Å²) in [5.74, 6) is 0.379. The number of nitrogens with zero attached hydrogens (tertiary/aromatic N) is 1. The van der Waals surface area contributed by atoms with Gasteiger partial charge in [0.2, 0.25) is 0 Å². The van der Waals surface area contributed by atoms with E-state index in [0.717, 1.165) is 33.4 Å². The first kappa shape index (κ1) is 36.9. The summed E-state index contributed by atoms with van der Waals surface area (Å²) in [4.78, 5) is 0. The second-order valence-corrected chi connectivity index (χ2v) is 11.9. The molecule has 0 aromatic heterocycles. The van der Waals surface area contributed by atoms with Crippen molar-refractivity contribution in [1.29, 1.82) is 0 Å². The molecule has 0 aliphatic carbocycles. The number of benzene rings is 5. The molecule has 0 aliphatic heterocycles. The van der Waals surface area contributed by atoms with Gasteiger partial charge in [0, 0.05) is 40.3 Å². The quantitative estimate of drug-likeness (QED) is 0.0702. The maximum Gasteiger partial charge on any atom is 0.188 e. The van der Waals surface area contributed by atoms with E-state index in [0.29, 0.717) is 31.4 Å². The highest BCUT2D eigenvalue weighted by molar-refractivity contribution is 5.49. The largest absolute Gasteiger partial charge is 0.872 e. The third kappa shape index (κ3) is 10.1. The van der Waals surface area contributed by atoms with Gasteiger partial charge in [-0.25, -0.2) is 4.48 Å². The van der Waals surface area contributed by atoms with Gasteiger partial charge < -0.3 is 39.4 Å². The van der Waals surface area contributed by atoms with E-state index in [9.17, 15) is 20.4 Å². The van der Waals surface area contributed by atoms with Crippen LogP contribution in [0.5, 0.6) is 23.0 Å². The van der Waals surface area contributed by atoms with E-state index < -0.39 is 0 Å². The van der Waals surface area contributed by atoms with Crippen molar-refractivity contribution in [2.75, 3.05) is 55.4 Å². The van der Waals surface area contributed by atoms with Crippen LogP contribution in [0.4, 0.5) is 0 Å². The van der Waals surface area contributed by atoms with Gasteiger partial charge >= 0.3 is 0 Å². The summed E-state index contributed by atoms with van der Waals surface area (Å²) in [5, 5.41) is 41.1. The maximum atomic E-state index is 11.7. The third-order valence-corrected chi connectivity index (χ3v) is 8.11. The minimum atomic E-state index is -0.110. The van der Waals surface area contributed by atoms with Crippen LogP contribution in [0.1, 0.15) is 45.2 Å². The van der Waals surface area contributed by atoms with E-state index in [1.807, 2.05) is 48.5 Å². The van der Waals surface area contributed by atoms with Crippen LogP contribution in [-0.4, -0.2) is 75.2 Å². The number of hydrogen-bond acceptors (Lipinski definition) is 8. The Balaban J connectivity index is 0.000000355. The van der Waals surface area contributed by atoms with Gasteiger partial charge in [-0.05, 0) is 69.8 Å². The SMILES string of the molecule is COC[N+](COC)(COC)COC.[O-]c1ccc(C(c2ccc(O)cc2)c2ccc(C(c3ccc(O)cc3)c3ccc(O)cc3)cc2)cc1. The number of phenolic OH excluding ortho intramolecular Hbond substituents is 3. The number of aromatic hydroxyl groups is 3. The molecule has 0 saturated carbocycles. The predicted molar refractivity (Wildman–Crippen MR) is 186 cm³/mol. The Labute approximate surface area is 288 Å². The van der Waals surface area contributed by atoms with Crippen molar-refractivity contribution in [1.82, 2.24) is 0 Å². The fourth-order valence-corrected chi connectivity index (χ4v) is 6.02. The summed E-state index contributed by atoms with van der Waals surface area (Å²) < 4.78 is 20.9. The molecule has 258 valence electrons. The van der Waals surface area contributed by atoms with Gasteiger partial charge in [0.25, 0.3) is 0 Å². The Kier molecular flexibility index (Phi) is 13.6. The summed E-state index contributed by atoms with van der Waals surface area (Å²) in [6, 6.07) is 36.7. The van der Waals surface area contributed by atoms with E-state index in [-0.39, 0.29) is 34.8 Å². The lowest BCUT2D eigenvalue weighted by Gasteiger charge is -2.34. The molecule has 0 amide bonds. The highest BCUT2D eigenvalue weighted by Gasteiger charge is 2.27. The molecule has 5 aromatic rings. The molecule has 0 heterocycles. The number of phenols is 3. The standard InChI is InChI=1S/C32H26O4.C8H20NO4/c33-27-13-5-23(6-14-27)31(24-7-15-28(34)16-8-24)21-1-2-22(4-3-21)32(25-9-17-29(35)18-10-25)26-11-19-30(36)20-12-26;1-10-5-9(6-11-2,7-12-3)8-13-4/h1-20,31-36H;5-8H2,1-4H3/q;+1/p-1. The van der Waals surface area contributed by atoms with E-state index in [1.165, 1.54) is 0 Å². The Morgan fingerprint density at radius 2 is 0.612 bits per heavy atom. The van der Waals surface area contributed by atoms with Crippen LogP contribution in [0, 0.1) is 0 Å². The average Bonchev–Trinajstić information content (AvgIpc) is 3.10.